The van der Waals surface area contributed by atoms with Crippen LogP contribution in [0.4, 0.5) is 0 Å². The Balaban J connectivity index is 3.67. The molecule has 5 nitrogen and oxygen atoms in total. The molecule has 0 amide bonds. The summed E-state index contributed by atoms with van der Waals surface area (Å²) in [7, 11) is 0. The Kier molecular flexibility index (Phi) is 8.27. The van der Waals surface area contributed by atoms with Gasteiger partial charge in [-0.2, -0.15) is 0 Å². The molecule has 0 fully saturated rings. The highest BCUT2D eigenvalue weighted by Crippen LogP contribution is 2.06. The van der Waals surface area contributed by atoms with Crippen LogP contribution in [0.15, 0.2) is 0 Å². The van der Waals surface area contributed by atoms with Crippen molar-refractivity contribution >= 4 is 5.97 Å². The monoisotopic (exact) mass is 218 g/mol. The maximum Gasteiger partial charge on any atom is 0.308 e. The molecule has 0 aromatic heterocycles. The molecule has 5 N–H and O–H groups in total. The van der Waals surface area contributed by atoms with E-state index in [1.807, 2.05) is 0 Å². The number of rotatable bonds is 8. The maximum absolute atomic E-state index is 11.0. The molecule has 15 heavy (non-hydrogen) atoms. The number of unbranched alkanes of at least 4 members (excludes halogenated alkanes) is 1. The van der Waals surface area contributed by atoms with Crippen molar-refractivity contribution in [2.75, 3.05) is 13.2 Å². The number of esters is 1. The fraction of sp³-hybridized carbons (Fsp3) is 0.900. The lowest BCUT2D eigenvalue weighted by Gasteiger charge is -2.17. The van der Waals surface area contributed by atoms with Crippen molar-refractivity contribution < 1.29 is 14.6 Å². The summed E-state index contributed by atoms with van der Waals surface area (Å²) >= 11 is 0. The summed E-state index contributed by atoms with van der Waals surface area (Å²) in [6.45, 7) is 2.68. The molecule has 0 bridgehead atoms. The second kappa shape index (κ2) is 8.64. The van der Waals surface area contributed by atoms with E-state index in [4.69, 9.17) is 16.2 Å². The maximum atomic E-state index is 11.0. The smallest absolute Gasteiger partial charge is 0.308 e. The minimum atomic E-state index is -0.818. The Bertz CT molecular complexity index is 176. The largest absolute Gasteiger partial charge is 0.466 e. The lowest BCUT2D eigenvalue weighted by Crippen LogP contribution is -2.36. The topological polar surface area (TPSA) is 98.6 Å². The first-order valence-electron chi connectivity index (χ1n) is 5.41. The lowest BCUT2D eigenvalue weighted by atomic mass is 10.0. The number of ether oxygens (including phenoxy) is 1. The Morgan fingerprint density at radius 2 is 2.13 bits per heavy atom. The van der Waals surface area contributed by atoms with Crippen LogP contribution in [0.25, 0.3) is 0 Å². The molecule has 0 saturated heterocycles. The van der Waals surface area contributed by atoms with Crippen LogP contribution in [-0.4, -0.2) is 36.4 Å². The molecule has 2 atom stereocenters. The molecule has 0 radical (unpaired) electrons. The average molecular weight is 218 g/mol. The average Bonchev–Trinajstić information content (AvgIpc) is 2.18. The summed E-state index contributed by atoms with van der Waals surface area (Å²) < 4.78 is 4.71. The van der Waals surface area contributed by atoms with Gasteiger partial charge in [-0.15, -0.1) is 0 Å². The first-order chi connectivity index (χ1) is 7.11. The van der Waals surface area contributed by atoms with E-state index in [2.05, 4.69) is 0 Å². The van der Waals surface area contributed by atoms with E-state index in [9.17, 15) is 9.90 Å². The van der Waals surface area contributed by atoms with Crippen LogP contribution in [0, 0.1) is 0 Å². The van der Waals surface area contributed by atoms with Crippen molar-refractivity contribution in [3.05, 3.63) is 0 Å². The molecule has 0 saturated carbocycles. The molecule has 0 aliphatic heterocycles. The van der Waals surface area contributed by atoms with Gasteiger partial charge in [0.1, 0.15) is 0 Å². The van der Waals surface area contributed by atoms with Gasteiger partial charge in [0.15, 0.2) is 0 Å². The van der Waals surface area contributed by atoms with Gasteiger partial charge >= 0.3 is 5.97 Å². The van der Waals surface area contributed by atoms with E-state index in [1.165, 1.54) is 0 Å². The van der Waals surface area contributed by atoms with Crippen molar-refractivity contribution in [2.24, 2.45) is 11.5 Å². The van der Waals surface area contributed by atoms with Crippen LogP contribution < -0.4 is 11.5 Å². The summed E-state index contributed by atoms with van der Waals surface area (Å²) in [6, 6.07) is -0.374. The van der Waals surface area contributed by atoms with Gasteiger partial charge in [-0.1, -0.05) is 6.42 Å². The third kappa shape index (κ3) is 7.30. The highest BCUT2D eigenvalue weighted by Gasteiger charge is 2.18. The van der Waals surface area contributed by atoms with Gasteiger partial charge in [-0.05, 0) is 26.3 Å². The standard InChI is InChI=1S/C10H22N2O3/c1-2-15-10(14)7-9(13)8(12)5-3-4-6-11/h8-9,13H,2-7,11-12H2,1H3/t8-,9-/m0/s1. The molecular formula is C10H22N2O3. The van der Waals surface area contributed by atoms with Gasteiger partial charge in [0.25, 0.3) is 0 Å². The van der Waals surface area contributed by atoms with Gasteiger partial charge in [0, 0.05) is 6.04 Å². The zero-order valence-electron chi connectivity index (χ0n) is 9.32. The molecule has 5 heteroatoms. The minimum absolute atomic E-state index is 0.0301. The highest BCUT2D eigenvalue weighted by atomic mass is 16.5. The van der Waals surface area contributed by atoms with Crippen molar-refractivity contribution in [3.63, 3.8) is 0 Å². The fourth-order valence-electron chi connectivity index (χ4n) is 1.26. The van der Waals surface area contributed by atoms with Crippen molar-refractivity contribution in [3.8, 4) is 0 Å². The summed E-state index contributed by atoms with van der Waals surface area (Å²) in [5.41, 5.74) is 11.0. The van der Waals surface area contributed by atoms with Gasteiger partial charge in [-0.3, -0.25) is 4.79 Å². The molecule has 0 unspecified atom stereocenters. The van der Waals surface area contributed by atoms with E-state index >= 15 is 0 Å². The molecule has 0 rings (SSSR count). The molecular weight excluding hydrogens is 196 g/mol. The summed E-state index contributed by atoms with van der Waals surface area (Å²) in [5, 5.41) is 9.56. The second-order valence-electron chi connectivity index (χ2n) is 3.52. The van der Waals surface area contributed by atoms with Crippen LogP contribution in [0.5, 0.6) is 0 Å². The quantitative estimate of drug-likeness (QED) is 0.385. The number of carbonyl (C=O) groups excluding carboxylic acids is 1. The van der Waals surface area contributed by atoms with Crippen LogP contribution in [0.3, 0.4) is 0 Å². The number of aliphatic hydroxyl groups is 1. The normalized spacial score (nSPS) is 14.7. The molecule has 0 aliphatic carbocycles. The van der Waals surface area contributed by atoms with Gasteiger partial charge in [0.2, 0.25) is 0 Å². The molecule has 0 aromatic rings. The van der Waals surface area contributed by atoms with Crippen LogP contribution in [-0.2, 0) is 9.53 Å². The first kappa shape index (κ1) is 14.3. The van der Waals surface area contributed by atoms with Gasteiger partial charge < -0.3 is 21.3 Å². The van der Waals surface area contributed by atoms with Gasteiger partial charge in [0.05, 0.1) is 19.1 Å². The lowest BCUT2D eigenvalue weighted by molar-refractivity contribution is -0.145. The number of hydrogen-bond acceptors (Lipinski definition) is 5. The third-order valence-electron chi connectivity index (χ3n) is 2.17. The van der Waals surface area contributed by atoms with Crippen molar-refractivity contribution in [2.45, 2.75) is 44.8 Å². The van der Waals surface area contributed by atoms with E-state index in [1.54, 1.807) is 6.92 Å². The first-order valence-corrected chi connectivity index (χ1v) is 5.41. The minimum Gasteiger partial charge on any atom is -0.466 e. The second-order valence-corrected chi connectivity index (χ2v) is 3.52. The summed E-state index contributed by atoms with van der Waals surface area (Å²) in [4.78, 5) is 11.0. The van der Waals surface area contributed by atoms with E-state index in [0.29, 0.717) is 19.6 Å². The van der Waals surface area contributed by atoms with E-state index in [0.717, 1.165) is 12.8 Å². The molecule has 0 aromatic carbocycles. The van der Waals surface area contributed by atoms with E-state index < -0.39 is 12.1 Å². The van der Waals surface area contributed by atoms with Crippen LogP contribution in [0.1, 0.15) is 32.6 Å². The number of aliphatic hydroxyl groups excluding tert-OH is 1. The number of nitrogens with two attached hydrogens (primary N) is 2. The summed E-state index contributed by atoms with van der Waals surface area (Å²) in [6.07, 6.45) is 1.59. The highest BCUT2D eigenvalue weighted by molar-refractivity contribution is 5.70. The zero-order valence-corrected chi connectivity index (χ0v) is 9.32. The molecule has 90 valence electrons. The number of carbonyl (C=O) groups is 1. The Hall–Kier alpha value is -0.650. The van der Waals surface area contributed by atoms with Crippen molar-refractivity contribution in [1.29, 1.82) is 0 Å². The number of hydrogen-bond donors (Lipinski definition) is 3. The summed E-state index contributed by atoms with van der Waals surface area (Å²) in [5.74, 6) is -0.403. The van der Waals surface area contributed by atoms with Crippen molar-refractivity contribution in [1.82, 2.24) is 0 Å². The van der Waals surface area contributed by atoms with Crippen LogP contribution in [0.2, 0.25) is 0 Å². The Labute approximate surface area is 90.8 Å². The Morgan fingerprint density at radius 1 is 1.47 bits per heavy atom. The SMILES string of the molecule is CCOC(=O)C[C@H](O)[C@@H](N)CCCCN. The van der Waals surface area contributed by atoms with E-state index in [-0.39, 0.29) is 12.5 Å². The molecule has 0 heterocycles. The van der Waals surface area contributed by atoms with Crippen LogP contribution >= 0.6 is 0 Å². The predicted octanol–water partition coefficient (Wildman–Crippen LogP) is -0.243. The predicted molar refractivity (Wildman–Crippen MR) is 58.1 cm³/mol. The Morgan fingerprint density at radius 3 is 2.67 bits per heavy atom. The third-order valence-corrected chi connectivity index (χ3v) is 2.17. The van der Waals surface area contributed by atoms with Gasteiger partial charge in [-0.25, -0.2) is 0 Å². The zero-order chi connectivity index (χ0) is 11.7. The molecule has 0 aliphatic rings. The fourth-order valence-corrected chi connectivity index (χ4v) is 1.26. The molecule has 0 spiro atoms.